The van der Waals surface area contributed by atoms with Crippen LogP contribution in [0.1, 0.15) is 57.8 Å². The van der Waals surface area contributed by atoms with E-state index < -0.39 is 0 Å². The van der Waals surface area contributed by atoms with Gasteiger partial charge < -0.3 is 0 Å². The number of nitrogens with zero attached hydrogens (tertiary/aromatic N) is 1. The molecule has 3 aliphatic rings. The van der Waals surface area contributed by atoms with Crippen LogP contribution in [0.2, 0.25) is 0 Å². The van der Waals surface area contributed by atoms with E-state index in [2.05, 4.69) is 17.2 Å². The topological polar surface area (TPSA) is 20.3 Å². The lowest BCUT2D eigenvalue weighted by Crippen LogP contribution is -2.55. The number of piperidine rings is 2. The lowest BCUT2D eigenvalue weighted by atomic mass is 9.76. The Morgan fingerprint density at radius 3 is 2.63 bits per heavy atom. The summed E-state index contributed by atoms with van der Waals surface area (Å²) in [7, 11) is 0. The van der Waals surface area contributed by atoms with Crippen molar-refractivity contribution in [2.24, 2.45) is 5.92 Å². The van der Waals surface area contributed by atoms with Gasteiger partial charge >= 0.3 is 0 Å². The van der Waals surface area contributed by atoms with Crippen LogP contribution in [0.15, 0.2) is 17.9 Å². The molecule has 0 N–H and O–H groups in total. The van der Waals surface area contributed by atoms with Crippen molar-refractivity contribution in [2.75, 3.05) is 6.54 Å². The Kier molecular flexibility index (Phi) is 3.91. The van der Waals surface area contributed by atoms with Gasteiger partial charge in [-0.3, -0.25) is 9.69 Å². The molecule has 0 amide bonds. The zero-order valence-corrected chi connectivity index (χ0v) is 11.9. The number of rotatable bonds is 1. The first kappa shape index (κ1) is 13.1. The molecule has 1 saturated carbocycles. The third kappa shape index (κ3) is 2.57. The van der Waals surface area contributed by atoms with Crippen molar-refractivity contribution >= 4 is 5.78 Å². The van der Waals surface area contributed by atoms with Gasteiger partial charge in [0.2, 0.25) is 0 Å². The summed E-state index contributed by atoms with van der Waals surface area (Å²) in [5.74, 6) is 1.22. The molecule has 3 fully saturated rings. The fraction of sp³-hybridized carbons (Fsp3) is 0.765. The van der Waals surface area contributed by atoms with Crippen LogP contribution in [0.4, 0.5) is 0 Å². The molecule has 2 heterocycles. The number of carbonyl (C=O) groups is 1. The van der Waals surface area contributed by atoms with Crippen LogP contribution in [0.25, 0.3) is 0 Å². The molecule has 2 heteroatoms. The summed E-state index contributed by atoms with van der Waals surface area (Å²) in [6.45, 7) is 5.01. The highest BCUT2D eigenvalue weighted by Gasteiger charge is 2.41. The van der Waals surface area contributed by atoms with Crippen LogP contribution < -0.4 is 0 Å². The van der Waals surface area contributed by atoms with Crippen molar-refractivity contribution in [1.82, 2.24) is 4.90 Å². The molecule has 0 spiro atoms. The van der Waals surface area contributed by atoms with Gasteiger partial charge in [-0.05, 0) is 43.7 Å². The quantitative estimate of drug-likeness (QED) is 0.672. The molecule has 0 unspecified atom stereocenters. The van der Waals surface area contributed by atoms with Gasteiger partial charge in [0.1, 0.15) is 5.78 Å². The number of carbonyl (C=O) groups excluding carboxylic acids is 1. The molecule has 2 aliphatic heterocycles. The normalized spacial score (nSPS) is 33.9. The van der Waals surface area contributed by atoms with Crippen molar-refractivity contribution in [1.29, 1.82) is 0 Å². The molecule has 104 valence electrons. The number of Topliss-reactive ketones (excluding diaryl/α,β-unsaturated/α-hetero) is 1. The number of fused-ring (bicyclic) bond motifs is 1. The molecule has 1 aliphatic carbocycles. The van der Waals surface area contributed by atoms with Gasteiger partial charge in [-0.2, -0.15) is 0 Å². The summed E-state index contributed by atoms with van der Waals surface area (Å²) in [6.07, 6.45) is 10.6. The minimum Gasteiger partial charge on any atom is -0.300 e. The van der Waals surface area contributed by atoms with Gasteiger partial charge in [-0.15, -0.1) is 5.73 Å². The van der Waals surface area contributed by atoms with E-state index >= 15 is 0 Å². The predicted octanol–water partition coefficient (Wildman–Crippen LogP) is 3.47. The molecular formula is C17H25NO. The minimum absolute atomic E-state index is 0.333. The number of ketones is 1. The van der Waals surface area contributed by atoms with Gasteiger partial charge in [0.05, 0.1) is 0 Å². The van der Waals surface area contributed by atoms with E-state index in [9.17, 15) is 4.79 Å². The summed E-state index contributed by atoms with van der Waals surface area (Å²) in [5.41, 5.74) is 4.41. The SMILES string of the molecule is C=C=C1CCCN2[C@@H]1CC(=O)C[C@@H]2C1CCCCC1. The van der Waals surface area contributed by atoms with Crippen molar-refractivity contribution in [3.8, 4) is 0 Å². The Labute approximate surface area is 116 Å². The van der Waals surface area contributed by atoms with Crippen molar-refractivity contribution in [3.63, 3.8) is 0 Å². The van der Waals surface area contributed by atoms with E-state index in [-0.39, 0.29) is 0 Å². The highest BCUT2D eigenvalue weighted by atomic mass is 16.1. The lowest BCUT2D eigenvalue weighted by molar-refractivity contribution is -0.126. The van der Waals surface area contributed by atoms with Crippen LogP contribution in [0.3, 0.4) is 0 Å². The Hall–Kier alpha value is -0.850. The van der Waals surface area contributed by atoms with Crippen molar-refractivity contribution in [2.45, 2.75) is 69.9 Å². The average molecular weight is 259 g/mol. The van der Waals surface area contributed by atoms with Gasteiger partial charge in [-0.1, -0.05) is 25.8 Å². The van der Waals surface area contributed by atoms with Gasteiger partial charge in [0, 0.05) is 24.9 Å². The van der Waals surface area contributed by atoms with Crippen molar-refractivity contribution < 1.29 is 4.79 Å². The van der Waals surface area contributed by atoms with E-state index in [1.165, 1.54) is 50.6 Å². The standard InChI is InChI=1S/C17H25NO/c1-2-13-9-6-10-18-16(13)11-15(19)12-17(18)14-7-4-3-5-8-14/h14,16-17H,1,3-12H2/t16-,17-/m1/s1. The fourth-order valence-electron chi connectivity index (χ4n) is 4.42. The molecule has 2 nitrogen and oxygen atoms in total. The Morgan fingerprint density at radius 1 is 1.11 bits per heavy atom. The van der Waals surface area contributed by atoms with Crippen LogP contribution in [0.5, 0.6) is 0 Å². The third-order valence-electron chi connectivity index (χ3n) is 5.37. The zero-order valence-electron chi connectivity index (χ0n) is 11.9. The maximum atomic E-state index is 12.1. The summed E-state index contributed by atoms with van der Waals surface area (Å²) < 4.78 is 0. The van der Waals surface area contributed by atoms with Crippen LogP contribution in [-0.4, -0.2) is 29.3 Å². The largest absolute Gasteiger partial charge is 0.300 e. The Bertz CT molecular complexity index is 401. The van der Waals surface area contributed by atoms with E-state index in [0.29, 0.717) is 24.3 Å². The second-order valence-corrected chi connectivity index (χ2v) is 6.47. The maximum absolute atomic E-state index is 12.1. The third-order valence-corrected chi connectivity index (χ3v) is 5.37. The molecular weight excluding hydrogens is 234 g/mol. The van der Waals surface area contributed by atoms with Crippen LogP contribution in [-0.2, 0) is 4.79 Å². The summed E-state index contributed by atoms with van der Waals surface area (Å²) >= 11 is 0. The highest BCUT2D eigenvalue weighted by Crippen LogP contribution is 2.38. The first-order valence-corrected chi connectivity index (χ1v) is 7.96. The van der Waals surface area contributed by atoms with Gasteiger partial charge in [0.15, 0.2) is 0 Å². The predicted molar refractivity (Wildman–Crippen MR) is 77.0 cm³/mol. The van der Waals surface area contributed by atoms with E-state index in [1.54, 1.807) is 0 Å². The van der Waals surface area contributed by atoms with E-state index in [4.69, 9.17) is 0 Å². The molecule has 2 saturated heterocycles. The summed E-state index contributed by atoms with van der Waals surface area (Å²) in [6, 6.07) is 0.842. The molecule has 0 radical (unpaired) electrons. The summed E-state index contributed by atoms with van der Waals surface area (Å²) in [5, 5.41) is 0. The van der Waals surface area contributed by atoms with Crippen molar-refractivity contribution in [3.05, 3.63) is 17.9 Å². The molecule has 0 aromatic heterocycles. The smallest absolute Gasteiger partial charge is 0.136 e. The monoisotopic (exact) mass is 259 g/mol. The first-order chi connectivity index (χ1) is 9.29. The van der Waals surface area contributed by atoms with E-state index in [1.807, 2.05) is 0 Å². The Morgan fingerprint density at radius 2 is 1.89 bits per heavy atom. The van der Waals surface area contributed by atoms with Crippen LogP contribution in [0, 0.1) is 5.92 Å². The molecule has 2 atom stereocenters. The molecule has 0 aromatic rings. The van der Waals surface area contributed by atoms with Gasteiger partial charge in [0.25, 0.3) is 0 Å². The molecule has 0 bridgehead atoms. The second kappa shape index (κ2) is 5.64. The first-order valence-electron chi connectivity index (χ1n) is 7.96. The number of hydrogen-bond acceptors (Lipinski definition) is 2. The highest BCUT2D eigenvalue weighted by molar-refractivity contribution is 5.81. The molecule has 3 rings (SSSR count). The van der Waals surface area contributed by atoms with Gasteiger partial charge in [-0.25, -0.2) is 0 Å². The molecule has 0 aromatic carbocycles. The summed E-state index contributed by atoms with van der Waals surface area (Å²) in [4.78, 5) is 14.8. The lowest BCUT2D eigenvalue weighted by Gasteiger charge is -2.48. The Balaban J connectivity index is 1.82. The number of hydrogen-bond donors (Lipinski definition) is 0. The maximum Gasteiger partial charge on any atom is 0.136 e. The molecule has 19 heavy (non-hydrogen) atoms. The minimum atomic E-state index is 0.333. The average Bonchev–Trinajstić information content (AvgIpc) is 2.46. The fourth-order valence-corrected chi connectivity index (χ4v) is 4.42. The van der Waals surface area contributed by atoms with Crippen LogP contribution >= 0.6 is 0 Å². The zero-order chi connectivity index (χ0) is 13.2. The van der Waals surface area contributed by atoms with E-state index in [0.717, 1.165) is 18.8 Å². The second-order valence-electron chi connectivity index (χ2n) is 6.47.